The number of rotatable bonds is 10. The lowest BCUT2D eigenvalue weighted by Crippen LogP contribution is -2.22. The summed E-state index contributed by atoms with van der Waals surface area (Å²) in [7, 11) is 1.56. The Kier molecular flexibility index (Phi) is 10.6. The first kappa shape index (κ1) is 34.3. The first-order valence-corrected chi connectivity index (χ1v) is 15.9. The second-order valence-electron chi connectivity index (χ2n) is 12.4. The largest absolute Gasteiger partial charge is 0.495 e. The SMILES string of the molecule is COc1cc(-c2ccc(C=Cc3nc(-c4ccc(Cl)cc4Cl)cn3Cc3ccc(C(=O)O)cc3)cc2)ccc1NC(=O)OCC(C)(C)C. The lowest BCUT2D eigenvalue weighted by Gasteiger charge is -2.18. The standard InChI is InChI=1S/C38H35Cl2N3O5/c1-38(2,3)23-48-37(46)42-32-17-14-28(19-34(32)47-4)26-10-5-24(6-11-26)9-18-35-41-33(30-16-15-29(39)20-31(30)40)22-43(35)21-25-7-12-27(13-8-25)36(44)45/h5-20,22H,21,23H2,1-4H3,(H,42,46)(H,44,45). The van der Waals surface area contributed by atoms with E-state index in [1.165, 1.54) is 0 Å². The Morgan fingerprint density at radius 3 is 2.27 bits per heavy atom. The van der Waals surface area contributed by atoms with Crippen molar-refractivity contribution in [1.29, 1.82) is 0 Å². The van der Waals surface area contributed by atoms with Gasteiger partial charge in [0, 0.05) is 23.3 Å². The predicted octanol–water partition coefficient (Wildman–Crippen LogP) is 10.0. The number of methoxy groups -OCH3 is 1. The van der Waals surface area contributed by atoms with Gasteiger partial charge in [-0.25, -0.2) is 14.6 Å². The van der Waals surface area contributed by atoms with Crippen LogP contribution in [-0.4, -0.2) is 40.4 Å². The van der Waals surface area contributed by atoms with Crippen LogP contribution in [0.3, 0.4) is 0 Å². The summed E-state index contributed by atoms with van der Waals surface area (Å²) < 4.78 is 12.9. The van der Waals surface area contributed by atoms with Crippen LogP contribution in [0.4, 0.5) is 10.5 Å². The molecule has 0 aliphatic heterocycles. The molecule has 0 aliphatic rings. The molecule has 1 aromatic heterocycles. The third-order valence-corrected chi connectivity index (χ3v) is 7.86. The van der Waals surface area contributed by atoms with E-state index in [2.05, 4.69) is 5.32 Å². The highest BCUT2D eigenvalue weighted by Crippen LogP contribution is 2.32. The molecule has 2 N–H and O–H groups in total. The maximum atomic E-state index is 12.3. The third kappa shape index (κ3) is 8.85. The number of benzene rings is 4. The first-order chi connectivity index (χ1) is 22.9. The van der Waals surface area contributed by atoms with Crippen molar-refractivity contribution in [1.82, 2.24) is 9.55 Å². The highest BCUT2D eigenvalue weighted by Gasteiger charge is 2.16. The van der Waals surface area contributed by atoms with Gasteiger partial charge in [-0.15, -0.1) is 0 Å². The van der Waals surface area contributed by atoms with Gasteiger partial charge in [0.25, 0.3) is 0 Å². The lowest BCUT2D eigenvalue weighted by atomic mass is 9.99. The second kappa shape index (κ2) is 14.8. The van der Waals surface area contributed by atoms with Crippen molar-refractivity contribution in [2.24, 2.45) is 5.41 Å². The summed E-state index contributed by atoms with van der Waals surface area (Å²) in [6.45, 7) is 6.74. The summed E-state index contributed by atoms with van der Waals surface area (Å²) in [5.41, 5.74) is 5.81. The van der Waals surface area contributed by atoms with Crippen LogP contribution < -0.4 is 10.1 Å². The van der Waals surface area contributed by atoms with Crippen molar-refractivity contribution in [2.45, 2.75) is 27.3 Å². The van der Waals surface area contributed by atoms with Gasteiger partial charge in [0.15, 0.2) is 0 Å². The van der Waals surface area contributed by atoms with Gasteiger partial charge in [0.1, 0.15) is 11.6 Å². The zero-order valence-electron chi connectivity index (χ0n) is 27.0. The van der Waals surface area contributed by atoms with Gasteiger partial charge in [-0.3, -0.25) is 5.32 Å². The smallest absolute Gasteiger partial charge is 0.411 e. The predicted molar refractivity (Wildman–Crippen MR) is 192 cm³/mol. The zero-order valence-corrected chi connectivity index (χ0v) is 28.5. The fraction of sp³-hybridized carbons (Fsp3) is 0.184. The maximum absolute atomic E-state index is 12.3. The number of hydrogen-bond acceptors (Lipinski definition) is 5. The van der Waals surface area contributed by atoms with E-state index in [0.29, 0.717) is 46.2 Å². The number of amides is 1. The number of aromatic carboxylic acids is 1. The van der Waals surface area contributed by atoms with E-state index in [9.17, 15) is 14.7 Å². The van der Waals surface area contributed by atoms with Crippen LogP contribution in [0.5, 0.6) is 5.75 Å². The van der Waals surface area contributed by atoms with Gasteiger partial charge in [-0.05, 0) is 76.2 Å². The second-order valence-corrected chi connectivity index (χ2v) is 13.2. The minimum atomic E-state index is -0.972. The molecule has 0 atom stereocenters. The van der Waals surface area contributed by atoms with E-state index in [4.69, 9.17) is 37.7 Å². The third-order valence-electron chi connectivity index (χ3n) is 7.31. The average molecular weight is 685 g/mol. The lowest BCUT2D eigenvalue weighted by molar-refractivity contribution is 0.0696. The Morgan fingerprint density at radius 1 is 0.917 bits per heavy atom. The zero-order chi connectivity index (χ0) is 34.4. The molecule has 0 spiro atoms. The molecule has 5 rings (SSSR count). The molecule has 5 aromatic rings. The minimum Gasteiger partial charge on any atom is -0.495 e. The monoisotopic (exact) mass is 683 g/mol. The molecule has 48 heavy (non-hydrogen) atoms. The number of hydrogen-bond donors (Lipinski definition) is 2. The fourth-order valence-electron chi connectivity index (χ4n) is 4.83. The number of halogens is 2. The summed E-state index contributed by atoms with van der Waals surface area (Å²) in [4.78, 5) is 28.5. The summed E-state index contributed by atoms with van der Waals surface area (Å²) in [5.74, 6) is 0.238. The molecule has 0 aliphatic carbocycles. The van der Waals surface area contributed by atoms with E-state index < -0.39 is 12.1 Å². The van der Waals surface area contributed by atoms with Crippen LogP contribution >= 0.6 is 23.2 Å². The number of ether oxygens (including phenoxy) is 2. The maximum Gasteiger partial charge on any atom is 0.411 e. The van der Waals surface area contributed by atoms with E-state index in [1.807, 2.05) is 86.2 Å². The summed E-state index contributed by atoms with van der Waals surface area (Å²) in [6, 6.07) is 25.6. The molecular formula is C38H35Cl2N3O5. The van der Waals surface area contributed by atoms with E-state index in [-0.39, 0.29) is 11.0 Å². The molecule has 8 nitrogen and oxygen atoms in total. The van der Waals surface area contributed by atoms with E-state index in [0.717, 1.165) is 27.8 Å². The van der Waals surface area contributed by atoms with Crippen LogP contribution in [0, 0.1) is 5.41 Å². The molecule has 0 bridgehead atoms. The number of aromatic nitrogens is 2. The van der Waals surface area contributed by atoms with Gasteiger partial charge in [0.05, 0.1) is 35.7 Å². The minimum absolute atomic E-state index is 0.139. The molecule has 1 amide bonds. The number of carboxylic acid groups (broad SMARTS) is 1. The molecule has 246 valence electrons. The van der Waals surface area contributed by atoms with Gasteiger partial charge < -0.3 is 19.1 Å². The summed E-state index contributed by atoms with van der Waals surface area (Å²) >= 11 is 12.6. The van der Waals surface area contributed by atoms with Crippen molar-refractivity contribution in [2.75, 3.05) is 19.0 Å². The van der Waals surface area contributed by atoms with Gasteiger partial charge >= 0.3 is 12.1 Å². The first-order valence-electron chi connectivity index (χ1n) is 15.1. The topological polar surface area (TPSA) is 103 Å². The van der Waals surface area contributed by atoms with Crippen molar-refractivity contribution >= 4 is 53.1 Å². The summed E-state index contributed by atoms with van der Waals surface area (Å²) in [6.07, 6.45) is 5.28. The van der Waals surface area contributed by atoms with Crippen LogP contribution in [-0.2, 0) is 11.3 Å². The molecule has 4 aromatic carbocycles. The van der Waals surface area contributed by atoms with E-state index >= 15 is 0 Å². The number of anilines is 1. The molecule has 0 unspecified atom stereocenters. The number of carboxylic acids is 1. The summed E-state index contributed by atoms with van der Waals surface area (Å²) in [5, 5.41) is 13.1. The van der Waals surface area contributed by atoms with Gasteiger partial charge in [-0.1, -0.05) is 92.5 Å². The Hall–Kier alpha value is -5.05. The van der Waals surface area contributed by atoms with Gasteiger partial charge in [-0.2, -0.15) is 0 Å². The molecule has 0 saturated carbocycles. The number of imidazole rings is 1. The quantitative estimate of drug-likeness (QED) is 0.152. The highest BCUT2D eigenvalue weighted by molar-refractivity contribution is 6.36. The Bertz CT molecular complexity index is 1960. The highest BCUT2D eigenvalue weighted by atomic mass is 35.5. The van der Waals surface area contributed by atoms with Crippen molar-refractivity contribution in [3.8, 4) is 28.1 Å². The molecule has 10 heteroatoms. The number of carbonyl (C=O) groups excluding carboxylic acids is 1. The van der Waals surface area contributed by atoms with Crippen molar-refractivity contribution in [3.05, 3.63) is 124 Å². The average Bonchev–Trinajstić information content (AvgIpc) is 3.45. The Morgan fingerprint density at radius 2 is 1.62 bits per heavy atom. The number of carbonyl (C=O) groups is 2. The molecule has 0 radical (unpaired) electrons. The molecule has 1 heterocycles. The van der Waals surface area contributed by atoms with Crippen molar-refractivity contribution < 1.29 is 24.2 Å². The Balaban J connectivity index is 1.36. The van der Waals surface area contributed by atoms with Crippen LogP contribution in [0.1, 0.15) is 48.1 Å². The van der Waals surface area contributed by atoms with E-state index in [1.54, 1.807) is 49.6 Å². The van der Waals surface area contributed by atoms with Gasteiger partial charge in [0.2, 0.25) is 0 Å². The molecule has 0 fully saturated rings. The van der Waals surface area contributed by atoms with Crippen LogP contribution in [0.15, 0.2) is 91.1 Å². The Labute approximate surface area is 289 Å². The number of nitrogens with zero attached hydrogens (tertiary/aromatic N) is 2. The van der Waals surface area contributed by atoms with Crippen LogP contribution in [0.2, 0.25) is 10.0 Å². The van der Waals surface area contributed by atoms with Crippen molar-refractivity contribution in [3.63, 3.8) is 0 Å². The fourth-order valence-corrected chi connectivity index (χ4v) is 5.33. The molecule has 0 saturated heterocycles. The number of nitrogens with one attached hydrogen (secondary N) is 1. The van der Waals surface area contributed by atoms with Crippen LogP contribution in [0.25, 0.3) is 34.5 Å². The molecular weight excluding hydrogens is 649 g/mol. The normalized spacial score (nSPS) is 11.5.